The van der Waals surface area contributed by atoms with E-state index in [1.807, 2.05) is 30.3 Å². The maximum atomic E-state index is 11.2. The van der Waals surface area contributed by atoms with Gasteiger partial charge < -0.3 is 4.55 Å². The van der Waals surface area contributed by atoms with Crippen molar-refractivity contribution in [2.45, 2.75) is 4.90 Å². The second-order valence-electron chi connectivity index (χ2n) is 3.26. The molecule has 0 fully saturated rings. The van der Waals surface area contributed by atoms with Gasteiger partial charge in [-0.3, -0.25) is 0 Å². The molecule has 16 heavy (non-hydrogen) atoms. The fraction of sp³-hybridized carbons (Fsp3) is 0. The highest BCUT2D eigenvalue weighted by atomic mass is 35.5. The van der Waals surface area contributed by atoms with Crippen molar-refractivity contribution in [3.8, 4) is 11.1 Å². The third-order valence-electron chi connectivity index (χ3n) is 2.21. The van der Waals surface area contributed by atoms with E-state index in [-0.39, 0.29) is 0 Å². The van der Waals surface area contributed by atoms with Crippen LogP contribution in [0.4, 0.5) is 0 Å². The van der Waals surface area contributed by atoms with Crippen LogP contribution < -0.4 is 0 Å². The molecule has 0 aliphatic heterocycles. The van der Waals surface area contributed by atoms with Gasteiger partial charge >= 0.3 is 0 Å². The Morgan fingerprint density at radius 2 is 1.75 bits per heavy atom. The van der Waals surface area contributed by atoms with Gasteiger partial charge in [0, 0.05) is 10.6 Å². The molecule has 0 heterocycles. The second-order valence-corrected chi connectivity index (χ2v) is 4.63. The Hall–Kier alpha value is -1.16. The van der Waals surface area contributed by atoms with Gasteiger partial charge in [0.25, 0.3) is 0 Å². The lowest BCUT2D eigenvalue weighted by Gasteiger charge is -2.06. The molecule has 82 valence electrons. The zero-order chi connectivity index (χ0) is 11.5. The van der Waals surface area contributed by atoms with Crippen LogP contribution in [-0.4, -0.2) is 8.76 Å². The normalized spacial score (nSPS) is 12.4. The molecule has 0 radical (unpaired) electrons. The quantitative estimate of drug-likeness (QED) is 0.830. The van der Waals surface area contributed by atoms with Crippen LogP contribution in [0.15, 0.2) is 53.4 Å². The molecular formula is C12H9ClO2S. The van der Waals surface area contributed by atoms with Crippen molar-refractivity contribution in [2.75, 3.05) is 0 Å². The monoisotopic (exact) mass is 252 g/mol. The first kappa shape index (κ1) is 11.3. The molecule has 0 saturated carbocycles. The van der Waals surface area contributed by atoms with Crippen LogP contribution in [0.5, 0.6) is 0 Å². The van der Waals surface area contributed by atoms with E-state index in [1.165, 1.54) is 0 Å². The van der Waals surface area contributed by atoms with Gasteiger partial charge in [-0.25, -0.2) is 4.21 Å². The lowest BCUT2D eigenvalue weighted by molar-refractivity contribution is 0.564. The SMILES string of the molecule is O=S(O)c1ccc(Cl)cc1-c1ccccc1. The van der Waals surface area contributed by atoms with Gasteiger partial charge in [-0.15, -0.1) is 0 Å². The van der Waals surface area contributed by atoms with Crippen LogP contribution in [-0.2, 0) is 11.1 Å². The van der Waals surface area contributed by atoms with Gasteiger partial charge in [-0.05, 0) is 23.8 Å². The van der Waals surface area contributed by atoms with Crippen LogP contribution in [0.25, 0.3) is 11.1 Å². The molecule has 0 aliphatic rings. The Morgan fingerprint density at radius 3 is 2.38 bits per heavy atom. The van der Waals surface area contributed by atoms with E-state index in [9.17, 15) is 8.76 Å². The number of hydrogen-bond acceptors (Lipinski definition) is 1. The summed E-state index contributed by atoms with van der Waals surface area (Å²) in [4.78, 5) is 0.371. The molecule has 2 rings (SSSR count). The van der Waals surface area contributed by atoms with Gasteiger partial charge in [0.2, 0.25) is 0 Å². The van der Waals surface area contributed by atoms with E-state index in [0.717, 1.165) is 5.56 Å². The molecule has 0 bridgehead atoms. The number of benzene rings is 2. The van der Waals surface area contributed by atoms with Crippen LogP contribution in [0.3, 0.4) is 0 Å². The Labute approximate surface area is 101 Å². The zero-order valence-electron chi connectivity index (χ0n) is 8.26. The summed E-state index contributed by atoms with van der Waals surface area (Å²) in [6, 6.07) is 14.3. The minimum Gasteiger partial charge on any atom is -0.302 e. The highest BCUT2D eigenvalue weighted by molar-refractivity contribution is 7.79. The van der Waals surface area contributed by atoms with Gasteiger partial charge in [0.15, 0.2) is 11.1 Å². The smallest absolute Gasteiger partial charge is 0.187 e. The maximum absolute atomic E-state index is 11.2. The van der Waals surface area contributed by atoms with Gasteiger partial charge in [0.05, 0.1) is 4.90 Å². The summed E-state index contributed by atoms with van der Waals surface area (Å²) in [7, 11) is 0. The first-order chi connectivity index (χ1) is 7.68. The Kier molecular flexibility index (Phi) is 3.39. The largest absolute Gasteiger partial charge is 0.302 e. The van der Waals surface area contributed by atoms with E-state index in [1.54, 1.807) is 18.2 Å². The van der Waals surface area contributed by atoms with Crippen molar-refractivity contribution in [3.05, 3.63) is 53.6 Å². The van der Waals surface area contributed by atoms with E-state index >= 15 is 0 Å². The molecule has 2 nitrogen and oxygen atoms in total. The Bertz CT molecular complexity index is 526. The van der Waals surface area contributed by atoms with E-state index in [0.29, 0.717) is 15.5 Å². The highest BCUT2D eigenvalue weighted by Gasteiger charge is 2.09. The first-order valence-corrected chi connectivity index (χ1v) is 6.13. The zero-order valence-corrected chi connectivity index (χ0v) is 9.83. The molecule has 2 aromatic carbocycles. The highest BCUT2D eigenvalue weighted by Crippen LogP contribution is 2.28. The Morgan fingerprint density at radius 1 is 1.06 bits per heavy atom. The molecule has 1 unspecified atom stereocenters. The summed E-state index contributed by atoms with van der Waals surface area (Å²) in [6.45, 7) is 0. The molecule has 0 aliphatic carbocycles. The average molecular weight is 253 g/mol. The van der Waals surface area contributed by atoms with Gasteiger partial charge in [-0.1, -0.05) is 41.9 Å². The molecular weight excluding hydrogens is 244 g/mol. The fourth-order valence-electron chi connectivity index (χ4n) is 1.50. The van der Waals surface area contributed by atoms with Crippen LogP contribution in [0, 0.1) is 0 Å². The summed E-state index contributed by atoms with van der Waals surface area (Å²) in [5, 5.41) is 0.549. The van der Waals surface area contributed by atoms with Crippen molar-refractivity contribution in [3.63, 3.8) is 0 Å². The summed E-state index contributed by atoms with van der Waals surface area (Å²) in [6.07, 6.45) is 0. The van der Waals surface area contributed by atoms with Crippen LogP contribution in [0.1, 0.15) is 0 Å². The predicted octanol–water partition coefficient (Wildman–Crippen LogP) is 3.59. The molecule has 4 heteroatoms. The van der Waals surface area contributed by atoms with E-state index < -0.39 is 11.1 Å². The van der Waals surface area contributed by atoms with E-state index in [2.05, 4.69) is 0 Å². The van der Waals surface area contributed by atoms with Crippen molar-refractivity contribution >= 4 is 22.7 Å². The topological polar surface area (TPSA) is 37.3 Å². The third kappa shape index (κ3) is 2.32. The standard InChI is InChI=1S/C12H9ClO2S/c13-10-6-7-12(16(14)15)11(8-10)9-4-2-1-3-5-9/h1-8H,(H,14,15). The number of halogens is 1. The lowest BCUT2D eigenvalue weighted by atomic mass is 10.1. The summed E-state index contributed by atoms with van der Waals surface area (Å²) < 4.78 is 20.4. The number of hydrogen-bond donors (Lipinski definition) is 1. The average Bonchev–Trinajstić information content (AvgIpc) is 2.29. The molecule has 0 amide bonds. The van der Waals surface area contributed by atoms with Crippen LogP contribution in [0.2, 0.25) is 5.02 Å². The van der Waals surface area contributed by atoms with Crippen molar-refractivity contribution < 1.29 is 8.76 Å². The maximum Gasteiger partial charge on any atom is 0.187 e. The van der Waals surface area contributed by atoms with Gasteiger partial charge in [-0.2, -0.15) is 0 Å². The third-order valence-corrected chi connectivity index (χ3v) is 3.18. The predicted molar refractivity (Wildman–Crippen MR) is 65.9 cm³/mol. The summed E-state index contributed by atoms with van der Waals surface area (Å²) in [5.41, 5.74) is 1.57. The first-order valence-electron chi connectivity index (χ1n) is 4.64. The van der Waals surface area contributed by atoms with Crippen molar-refractivity contribution in [1.29, 1.82) is 0 Å². The summed E-state index contributed by atoms with van der Waals surface area (Å²) >= 11 is 3.88. The molecule has 1 atom stereocenters. The fourth-order valence-corrected chi connectivity index (χ4v) is 2.22. The molecule has 0 spiro atoms. The minimum atomic E-state index is -2.01. The molecule has 2 aromatic rings. The van der Waals surface area contributed by atoms with Crippen LogP contribution >= 0.6 is 11.6 Å². The van der Waals surface area contributed by atoms with Crippen molar-refractivity contribution in [1.82, 2.24) is 0 Å². The van der Waals surface area contributed by atoms with Crippen molar-refractivity contribution in [2.24, 2.45) is 0 Å². The summed E-state index contributed by atoms with van der Waals surface area (Å²) in [5.74, 6) is 0. The van der Waals surface area contributed by atoms with E-state index in [4.69, 9.17) is 11.6 Å². The molecule has 0 saturated heterocycles. The van der Waals surface area contributed by atoms with Gasteiger partial charge in [0.1, 0.15) is 0 Å². The minimum absolute atomic E-state index is 0.371. The number of rotatable bonds is 2. The molecule has 0 aromatic heterocycles. The Balaban J connectivity index is 2.63. The molecule has 1 N–H and O–H groups in total. The second kappa shape index (κ2) is 4.78. The lowest BCUT2D eigenvalue weighted by Crippen LogP contribution is -1.92.